The smallest absolute Gasteiger partial charge is 0.0502 e. The minimum Gasteiger partial charge on any atom is -0.260 e. The van der Waals surface area contributed by atoms with E-state index in [0.29, 0.717) is 5.41 Å². The Morgan fingerprint density at radius 3 is 3.14 bits per heavy atom. The van der Waals surface area contributed by atoms with Gasteiger partial charge >= 0.3 is 0 Å². The molecule has 2 aliphatic carbocycles. The number of aryl methyl sites for hydroxylation is 1. The normalized spacial score (nSPS) is 33.8. The third kappa shape index (κ3) is 0.879. The fourth-order valence-corrected chi connectivity index (χ4v) is 3.37. The minimum atomic E-state index is 0.467. The van der Waals surface area contributed by atoms with E-state index in [1.165, 1.54) is 30.5 Å². The lowest BCUT2D eigenvalue weighted by molar-refractivity contribution is 0.399. The summed E-state index contributed by atoms with van der Waals surface area (Å²) < 4.78 is 0. The lowest BCUT2D eigenvalue weighted by atomic mass is 9.79. The van der Waals surface area contributed by atoms with Gasteiger partial charge < -0.3 is 0 Å². The average Bonchev–Trinajstić information content (AvgIpc) is 2.93. The molecule has 1 saturated carbocycles. The van der Waals surface area contributed by atoms with Crippen LogP contribution in [0.1, 0.15) is 37.9 Å². The molecular formula is C13H17N. The molecular weight excluding hydrogens is 170 g/mol. The number of nitrogens with zero attached hydrogens (tertiary/aromatic N) is 1. The second kappa shape index (κ2) is 2.59. The Bertz CT molecular complexity index is 369. The van der Waals surface area contributed by atoms with E-state index in [-0.39, 0.29) is 0 Å². The molecule has 0 aromatic carbocycles. The fraction of sp³-hybridized carbons (Fsp3) is 0.615. The predicted octanol–water partition coefficient (Wildman–Crippen LogP) is 2.94. The highest BCUT2D eigenvalue weighted by molar-refractivity contribution is 5.39. The van der Waals surface area contributed by atoms with Gasteiger partial charge in [-0.15, -0.1) is 0 Å². The van der Waals surface area contributed by atoms with Crippen LogP contribution in [0.2, 0.25) is 0 Å². The summed E-state index contributed by atoms with van der Waals surface area (Å²) in [7, 11) is 0. The molecule has 1 aromatic rings. The zero-order chi connectivity index (χ0) is 9.76. The second-order valence-electron chi connectivity index (χ2n) is 5.15. The monoisotopic (exact) mass is 187 g/mol. The summed E-state index contributed by atoms with van der Waals surface area (Å²) in [5.74, 6) is 1.69. The van der Waals surface area contributed by atoms with Gasteiger partial charge in [-0.25, -0.2) is 0 Å². The van der Waals surface area contributed by atoms with Crippen molar-refractivity contribution < 1.29 is 0 Å². The van der Waals surface area contributed by atoms with Crippen LogP contribution < -0.4 is 0 Å². The van der Waals surface area contributed by atoms with Crippen LogP contribution in [-0.2, 0) is 11.8 Å². The van der Waals surface area contributed by atoms with Crippen LogP contribution >= 0.6 is 0 Å². The lowest BCUT2D eigenvalue weighted by Gasteiger charge is -2.27. The van der Waals surface area contributed by atoms with Crippen molar-refractivity contribution in [2.75, 3.05) is 0 Å². The van der Waals surface area contributed by atoms with Crippen LogP contribution in [0.3, 0.4) is 0 Å². The van der Waals surface area contributed by atoms with E-state index in [4.69, 9.17) is 0 Å². The largest absolute Gasteiger partial charge is 0.260 e. The van der Waals surface area contributed by atoms with Crippen molar-refractivity contribution in [1.82, 2.24) is 4.98 Å². The van der Waals surface area contributed by atoms with Crippen molar-refractivity contribution >= 4 is 0 Å². The highest BCUT2D eigenvalue weighted by Crippen LogP contribution is 2.63. The average molecular weight is 187 g/mol. The van der Waals surface area contributed by atoms with Crippen LogP contribution in [0.5, 0.6) is 0 Å². The van der Waals surface area contributed by atoms with Gasteiger partial charge in [0, 0.05) is 11.6 Å². The third-order valence-electron chi connectivity index (χ3n) is 4.28. The molecule has 1 heterocycles. The highest BCUT2D eigenvalue weighted by Gasteiger charge is 2.60. The molecule has 1 fully saturated rings. The number of fused-ring (bicyclic) bond motifs is 3. The number of hydrogen-bond acceptors (Lipinski definition) is 1. The number of aromatic nitrogens is 1. The Labute approximate surface area is 85.6 Å². The zero-order valence-corrected chi connectivity index (χ0v) is 8.96. The second-order valence-corrected chi connectivity index (χ2v) is 5.15. The molecule has 14 heavy (non-hydrogen) atoms. The minimum absolute atomic E-state index is 0.467. The standard InChI is InChI=1S/C13H17N/c1-9(2)13-8-11(13)6-5-10-4-3-7-14-12(10)13/h3-4,7,9,11H,5-6,8H2,1-2H3. The Kier molecular flexibility index (Phi) is 1.56. The summed E-state index contributed by atoms with van der Waals surface area (Å²) in [4.78, 5) is 4.64. The summed E-state index contributed by atoms with van der Waals surface area (Å²) >= 11 is 0. The maximum Gasteiger partial charge on any atom is 0.0502 e. The van der Waals surface area contributed by atoms with Gasteiger partial charge in [0.05, 0.1) is 5.69 Å². The van der Waals surface area contributed by atoms with Crippen LogP contribution in [0.25, 0.3) is 0 Å². The van der Waals surface area contributed by atoms with E-state index in [1.54, 1.807) is 0 Å². The summed E-state index contributed by atoms with van der Waals surface area (Å²) in [5, 5.41) is 0. The van der Waals surface area contributed by atoms with Gasteiger partial charge in [0.1, 0.15) is 0 Å². The first-order chi connectivity index (χ1) is 6.75. The first kappa shape index (κ1) is 8.46. The van der Waals surface area contributed by atoms with E-state index in [0.717, 1.165) is 11.8 Å². The third-order valence-corrected chi connectivity index (χ3v) is 4.28. The van der Waals surface area contributed by atoms with Gasteiger partial charge in [0.25, 0.3) is 0 Å². The van der Waals surface area contributed by atoms with Crippen molar-refractivity contribution in [2.24, 2.45) is 11.8 Å². The molecule has 74 valence electrons. The molecule has 1 aromatic heterocycles. The summed E-state index contributed by atoms with van der Waals surface area (Å²) in [6, 6.07) is 4.34. The molecule has 2 atom stereocenters. The first-order valence-corrected chi connectivity index (χ1v) is 5.69. The molecule has 0 saturated heterocycles. The fourth-order valence-electron chi connectivity index (χ4n) is 3.37. The van der Waals surface area contributed by atoms with Gasteiger partial charge in [0.2, 0.25) is 0 Å². The topological polar surface area (TPSA) is 12.9 Å². The van der Waals surface area contributed by atoms with Gasteiger partial charge in [-0.05, 0) is 42.7 Å². The number of pyridine rings is 1. The van der Waals surface area contributed by atoms with E-state index < -0.39 is 0 Å². The molecule has 2 aliphatic rings. The van der Waals surface area contributed by atoms with Crippen LogP contribution in [0, 0.1) is 11.8 Å². The van der Waals surface area contributed by atoms with E-state index in [2.05, 4.69) is 31.0 Å². The van der Waals surface area contributed by atoms with Crippen LogP contribution in [-0.4, -0.2) is 4.98 Å². The Morgan fingerprint density at radius 2 is 2.36 bits per heavy atom. The van der Waals surface area contributed by atoms with E-state index in [9.17, 15) is 0 Å². The van der Waals surface area contributed by atoms with Gasteiger partial charge in [-0.2, -0.15) is 0 Å². The molecule has 0 N–H and O–H groups in total. The molecule has 0 aliphatic heterocycles. The Morgan fingerprint density at radius 1 is 1.50 bits per heavy atom. The van der Waals surface area contributed by atoms with Crippen molar-refractivity contribution in [3.63, 3.8) is 0 Å². The van der Waals surface area contributed by atoms with Crippen LogP contribution in [0.15, 0.2) is 18.3 Å². The predicted molar refractivity (Wildman–Crippen MR) is 57.2 cm³/mol. The zero-order valence-electron chi connectivity index (χ0n) is 8.96. The van der Waals surface area contributed by atoms with Crippen molar-refractivity contribution in [1.29, 1.82) is 0 Å². The summed E-state index contributed by atoms with van der Waals surface area (Å²) in [6.07, 6.45) is 5.98. The summed E-state index contributed by atoms with van der Waals surface area (Å²) in [6.45, 7) is 4.70. The Hall–Kier alpha value is -0.850. The van der Waals surface area contributed by atoms with Crippen molar-refractivity contribution in [3.8, 4) is 0 Å². The van der Waals surface area contributed by atoms with E-state index >= 15 is 0 Å². The molecule has 2 unspecified atom stereocenters. The maximum atomic E-state index is 4.64. The van der Waals surface area contributed by atoms with E-state index in [1.807, 2.05) is 6.20 Å². The maximum absolute atomic E-state index is 4.64. The molecule has 0 spiro atoms. The quantitative estimate of drug-likeness (QED) is 0.658. The molecule has 0 radical (unpaired) electrons. The number of rotatable bonds is 1. The molecule has 0 amide bonds. The van der Waals surface area contributed by atoms with Crippen molar-refractivity contribution in [2.45, 2.75) is 38.5 Å². The first-order valence-electron chi connectivity index (χ1n) is 5.69. The van der Waals surface area contributed by atoms with Crippen molar-refractivity contribution in [3.05, 3.63) is 29.6 Å². The highest BCUT2D eigenvalue weighted by atomic mass is 14.8. The van der Waals surface area contributed by atoms with Crippen LogP contribution in [0.4, 0.5) is 0 Å². The Balaban J connectivity index is 2.14. The lowest BCUT2D eigenvalue weighted by Crippen LogP contribution is -2.25. The molecule has 1 nitrogen and oxygen atoms in total. The SMILES string of the molecule is CC(C)C12CC1CCc1cccnc12. The molecule has 1 heteroatoms. The van der Waals surface area contributed by atoms with Gasteiger partial charge in [-0.1, -0.05) is 19.9 Å². The van der Waals surface area contributed by atoms with Gasteiger partial charge in [0.15, 0.2) is 0 Å². The summed E-state index contributed by atoms with van der Waals surface area (Å²) in [5.41, 5.74) is 3.40. The van der Waals surface area contributed by atoms with Gasteiger partial charge in [-0.3, -0.25) is 4.98 Å². The molecule has 3 rings (SSSR count). The number of hydrogen-bond donors (Lipinski definition) is 0. The molecule has 0 bridgehead atoms.